The van der Waals surface area contributed by atoms with E-state index in [1.807, 2.05) is 9.80 Å². The van der Waals surface area contributed by atoms with Gasteiger partial charge in [-0.2, -0.15) is 0 Å². The highest BCUT2D eigenvalue weighted by atomic mass is 35.5. The summed E-state index contributed by atoms with van der Waals surface area (Å²) in [6.07, 6.45) is 0.972. The fraction of sp³-hybridized carbons (Fsp3) is 0.435. The number of piperidine rings is 1. The van der Waals surface area contributed by atoms with Crippen molar-refractivity contribution in [2.45, 2.75) is 18.6 Å². The van der Waals surface area contributed by atoms with Crippen LogP contribution in [0.2, 0.25) is 10.0 Å². The summed E-state index contributed by atoms with van der Waals surface area (Å²) in [4.78, 5) is 16.8. The van der Waals surface area contributed by atoms with E-state index in [2.05, 4.69) is 0 Å². The molecule has 2 saturated heterocycles. The molecule has 0 radical (unpaired) electrons. The van der Waals surface area contributed by atoms with Crippen LogP contribution in [0.1, 0.15) is 18.4 Å². The van der Waals surface area contributed by atoms with Gasteiger partial charge in [0.1, 0.15) is 5.82 Å². The van der Waals surface area contributed by atoms with E-state index in [0.717, 1.165) is 0 Å². The molecule has 2 aromatic carbocycles. The number of hydrogen-bond donors (Lipinski definition) is 0. The van der Waals surface area contributed by atoms with E-state index >= 15 is 0 Å². The van der Waals surface area contributed by atoms with Crippen molar-refractivity contribution in [3.63, 3.8) is 0 Å². The molecule has 0 spiro atoms. The number of para-hydroxylation sites is 1. The van der Waals surface area contributed by atoms with Gasteiger partial charge in [0.25, 0.3) is 0 Å². The van der Waals surface area contributed by atoms with Gasteiger partial charge >= 0.3 is 0 Å². The molecule has 0 N–H and O–H groups in total. The molecule has 178 valence electrons. The largest absolute Gasteiger partial charge is 0.366 e. The summed E-state index contributed by atoms with van der Waals surface area (Å²) in [6.45, 7) is 2.81. The fourth-order valence-electron chi connectivity index (χ4n) is 4.44. The van der Waals surface area contributed by atoms with Crippen LogP contribution in [0.25, 0.3) is 0 Å². The first-order valence-corrected chi connectivity index (χ1v) is 13.3. The Morgan fingerprint density at radius 1 is 0.970 bits per heavy atom. The Hall–Kier alpha value is -1.87. The molecule has 0 bridgehead atoms. The normalized spacial score (nSPS) is 18.5. The van der Waals surface area contributed by atoms with E-state index in [1.54, 1.807) is 30.3 Å². The number of carbonyl (C=O) groups is 1. The third-order valence-corrected chi connectivity index (χ3v) is 8.75. The van der Waals surface area contributed by atoms with Crippen LogP contribution in [-0.4, -0.2) is 62.8 Å². The molecule has 2 aliphatic heterocycles. The molecule has 1 amide bonds. The number of hydrogen-bond acceptors (Lipinski definition) is 4. The Labute approximate surface area is 203 Å². The molecule has 4 rings (SSSR count). The summed E-state index contributed by atoms with van der Waals surface area (Å²) in [5, 5.41) is 0.779. The average molecular weight is 514 g/mol. The average Bonchev–Trinajstić information content (AvgIpc) is 2.81. The standard InChI is InChI=1S/C23H26Cl2FN3O3S/c24-19-6-5-18(20(25)15-19)16-33(31,32)29-9-7-17(8-10-29)23(30)28-13-11-27(12-14-28)22-4-2-1-3-21(22)26/h1-6,15,17H,7-14,16H2. The van der Waals surface area contributed by atoms with Crippen LogP contribution < -0.4 is 4.90 Å². The fourth-order valence-corrected chi connectivity index (χ4v) is 6.59. The number of benzene rings is 2. The van der Waals surface area contributed by atoms with Crippen molar-refractivity contribution >= 4 is 44.8 Å². The van der Waals surface area contributed by atoms with E-state index in [4.69, 9.17) is 23.2 Å². The molecular weight excluding hydrogens is 488 g/mol. The van der Waals surface area contributed by atoms with Crippen molar-refractivity contribution < 1.29 is 17.6 Å². The minimum atomic E-state index is -3.55. The van der Waals surface area contributed by atoms with E-state index < -0.39 is 10.0 Å². The van der Waals surface area contributed by atoms with Gasteiger partial charge in [-0.15, -0.1) is 0 Å². The number of nitrogens with zero attached hydrogens (tertiary/aromatic N) is 3. The van der Waals surface area contributed by atoms with Crippen molar-refractivity contribution in [1.82, 2.24) is 9.21 Å². The lowest BCUT2D eigenvalue weighted by molar-refractivity contribution is -0.137. The number of amides is 1. The van der Waals surface area contributed by atoms with Crippen LogP contribution in [0.4, 0.5) is 10.1 Å². The lowest BCUT2D eigenvalue weighted by atomic mass is 9.96. The number of sulfonamides is 1. The summed E-state index contributed by atoms with van der Waals surface area (Å²) >= 11 is 12.0. The Morgan fingerprint density at radius 2 is 1.64 bits per heavy atom. The van der Waals surface area contributed by atoms with Gasteiger partial charge in [-0.1, -0.05) is 41.4 Å². The first kappa shape index (κ1) is 24.3. The van der Waals surface area contributed by atoms with Crippen LogP contribution in [-0.2, 0) is 20.6 Å². The van der Waals surface area contributed by atoms with Crippen molar-refractivity contribution in [3.05, 3.63) is 63.9 Å². The zero-order valence-corrected chi connectivity index (χ0v) is 20.4. The summed E-state index contributed by atoms with van der Waals surface area (Å²) in [7, 11) is -3.55. The maximum absolute atomic E-state index is 14.0. The smallest absolute Gasteiger partial charge is 0.225 e. The first-order valence-electron chi connectivity index (χ1n) is 10.9. The van der Waals surface area contributed by atoms with Crippen molar-refractivity contribution in [3.8, 4) is 0 Å². The SMILES string of the molecule is O=C(C1CCN(S(=O)(=O)Cc2ccc(Cl)cc2Cl)CC1)N1CCN(c2ccccc2F)CC1. The van der Waals surface area contributed by atoms with Crippen molar-refractivity contribution in [2.24, 2.45) is 5.92 Å². The number of anilines is 1. The molecule has 0 aromatic heterocycles. The van der Waals surface area contributed by atoms with Gasteiger partial charge in [-0.3, -0.25) is 4.79 Å². The second-order valence-electron chi connectivity index (χ2n) is 8.43. The van der Waals surface area contributed by atoms with Gasteiger partial charge in [0, 0.05) is 55.2 Å². The second kappa shape index (κ2) is 10.2. The third-order valence-electron chi connectivity index (χ3n) is 6.33. The van der Waals surface area contributed by atoms with Crippen LogP contribution in [0.15, 0.2) is 42.5 Å². The van der Waals surface area contributed by atoms with Crippen LogP contribution in [0.3, 0.4) is 0 Å². The molecule has 2 aromatic rings. The Morgan fingerprint density at radius 3 is 2.27 bits per heavy atom. The molecule has 2 fully saturated rings. The predicted octanol–water partition coefficient (Wildman–Crippen LogP) is 4.02. The Balaban J connectivity index is 1.30. The van der Waals surface area contributed by atoms with Crippen LogP contribution >= 0.6 is 23.2 Å². The summed E-state index contributed by atoms with van der Waals surface area (Å²) in [5.74, 6) is -0.595. The molecule has 0 unspecified atom stereocenters. The van der Waals surface area contributed by atoms with Crippen LogP contribution in [0, 0.1) is 11.7 Å². The lowest BCUT2D eigenvalue weighted by Gasteiger charge is -2.39. The number of piperazine rings is 1. The quantitative estimate of drug-likeness (QED) is 0.605. The highest BCUT2D eigenvalue weighted by molar-refractivity contribution is 7.88. The Kier molecular flexibility index (Phi) is 7.48. The summed E-state index contributed by atoms with van der Waals surface area (Å²) in [6, 6.07) is 11.4. The zero-order valence-electron chi connectivity index (χ0n) is 18.1. The number of halogens is 3. The number of rotatable bonds is 5. The van der Waals surface area contributed by atoms with Gasteiger partial charge in [0.05, 0.1) is 11.4 Å². The molecule has 2 heterocycles. The van der Waals surface area contributed by atoms with E-state index in [-0.39, 0.29) is 23.4 Å². The van der Waals surface area contributed by atoms with Crippen LogP contribution in [0.5, 0.6) is 0 Å². The van der Waals surface area contributed by atoms with Crippen molar-refractivity contribution in [1.29, 1.82) is 0 Å². The topological polar surface area (TPSA) is 60.9 Å². The monoisotopic (exact) mass is 513 g/mol. The molecule has 33 heavy (non-hydrogen) atoms. The Bertz CT molecular complexity index is 1120. The molecule has 10 heteroatoms. The molecule has 0 saturated carbocycles. The highest BCUT2D eigenvalue weighted by Gasteiger charge is 2.34. The third kappa shape index (κ3) is 5.62. The van der Waals surface area contributed by atoms with Gasteiger partial charge < -0.3 is 9.80 Å². The molecule has 0 aliphatic carbocycles. The van der Waals surface area contributed by atoms with Gasteiger partial charge in [0.2, 0.25) is 15.9 Å². The molecular formula is C23H26Cl2FN3O3S. The summed E-state index contributed by atoms with van der Waals surface area (Å²) < 4.78 is 41.2. The maximum atomic E-state index is 14.0. The molecule has 2 aliphatic rings. The molecule has 6 nitrogen and oxygen atoms in total. The maximum Gasteiger partial charge on any atom is 0.225 e. The molecule has 0 atom stereocenters. The summed E-state index contributed by atoms with van der Waals surface area (Å²) in [5.41, 5.74) is 1.07. The van der Waals surface area contributed by atoms with E-state index in [1.165, 1.54) is 16.4 Å². The lowest BCUT2D eigenvalue weighted by Crippen LogP contribution is -2.52. The van der Waals surface area contributed by atoms with E-state index in [0.29, 0.717) is 73.4 Å². The zero-order chi connectivity index (χ0) is 23.6. The predicted molar refractivity (Wildman–Crippen MR) is 129 cm³/mol. The minimum Gasteiger partial charge on any atom is -0.366 e. The van der Waals surface area contributed by atoms with Gasteiger partial charge in [-0.25, -0.2) is 17.1 Å². The first-order chi connectivity index (χ1) is 15.7. The van der Waals surface area contributed by atoms with Gasteiger partial charge in [-0.05, 0) is 42.7 Å². The second-order valence-corrected chi connectivity index (χ2v) is 11.2. The number of carbonyl (C=O) groups excluding carboxylic acids is 1. The minimum absolute atomic E-state index is 0.0565. The van der Waals surface area contributed by atoms with Gasteiger partial charge in [0.15, 0.2) is 0 Å². The van der Waals surface area contributed by atoms with E-state index in [9.17, 15) is 17.6 Å². The van der Waals surface area contributed by atoms with Crippen molar-refractivity contribution in [2.75, 3.05) is 44.2 Å². The highest BCUT2D eigenvalue weighted by Crippen LogP contribution is 2.28.